The number of hydrogen-bond donors (Lipinski definition) is 2. The summed E-state index contributed by atoms with van der Waals surface area (Å²) >= 11 is 0. The third kappa shape index (κ3) is 2.40. The van der Waals surface area contributed by atoms with Crippen molar-refractivity contribution in [3.05, 3.63) is 47.4 Å². The average molecular weight is 255 g/mol. The van der Waals surface area contributed by atoms with Crippen LogP contribution in [0.2, 0.25) is 0 Å². The molecule has 2 N–H and O–H groups in total. The molecule has 19 heavy (non-hydrogen) atoms. The summed E-state index contributed by atoms with van der Waals surface area (Å²) in [6, 6.07) is 6.19. The van der Waals surface area contributed by atoms with Gasteiger partial charge in [-0.15, -0.1) is 0 Å². The highest BCUT2D eigenvalue weighted by molar-refractivity contribution is 5.85. The number of nitrogens with zero attached hydrogens (tertiary/aromatic N) is 2. The highest BCUT2D eigenvalue weighted by Crippen LogP contribution is 2.26. The van der Waals surface area contributed by atoms with Crippen LogP contribution in [0.4, 0.5) is 11.5 Å². The van der Waals surface area contributed by atoms with Crippen molar-refractivity contribution in [2.45, 2.75) is 19.3 Å². The molecule has 2 aromatic rings. The number of aromatic nitrogens is 2. The van der Waals surface area contributed by atoms with Crippen LogP contribution in [0.5, 0.6) is 0 Å². The van der Waals surface area contributed by atoms with E-state index >= 15 is 0 Å². The average Bonchev–Trinajstić information content (AvgIpc) is 2.86. The number of carboxylic acids is 1. The second-order valence-corrected chi connectivity index (χ2v) is 4.56. The summed E-state index contributed by atoms with van der Waals surface area (Å²) in [7, 11) is 0. The third-order valence-electron chi connectivity index (χ3n) is 3.22. The van der Waals surface area contributed by atoms with E-state index < -0.39 is 5.97 Å². The van der Waals surface area contributed by atoms with Gasteiger partial charge < -0.3 is 10.4 Å². The molecule has 5 nitrogen and oxygen atoms in total. The number of rotatable bonds is 3. The maximum Gasteiger partial charge on any atom is 0.356 e. The Morgan fingerprint density at radius 1 is 1.21 bits per heavy atom. The van der Waals surface area contributed by atoms with E-state index in [1.165, 1.54) is 29.9 Å². The zero-order valence-electron chi connectivity index (χ0n) is 10.3. The molecule has 1 aliphatic carbocycles. The molecule has 0 spiro atoms. The van der Waals surface area contributed by atoms with E-state index in [9.17, 15) is 4.79 Å². The Kier molecular flexibility index (Phi) is 2.87. The fraction of sp³-hybridized carbons (Fsp3) is 0.214. The first-order valence-electron chi connectivity index (χ1n) is 6.16. The van der Waals surface area contributed by atoms with Crippen molar-refractivity contribution in [2.75, 3.05) is 5.32 Å². The van der Waals surface area contributed by atoms with Crippen LogP contribution in [-0.2, 0) is 12.8 Å². The highest BCUT2D eigenvalue weighted by Gasteiger charge is 2.11. The van der Waals surface area contributed by atoms with Crippen molar-refractivity contribution in [1.82, 2.24) is 9.97 Å². The number of hydrogen-bond acceptors (Lipinski definition) is 4. The predicted octanol–water partition coefficient (Wildman–Crippen LogP) is 2.41. The van der Waals surface area contributed by atoms with Crippen molar-refractivity contribution in [3.8, 4) is 0 Å². The van der Waals surface area contributed by atoms with Crippen molar-refractivity contribution in [3.63, 3.8) is 0 Å². The van der Waals surface area contributed by atoms with Crippen LogP contribution in [0.3, 0.4) is 0 Å². The van der Waals surface area contributed by atoms with Crippen LogP contribution in [0, 0.1) is 0 Å². The number of nitrogens with one attached hydrogen (secondary N) is 1. The number of fused-ring (bicyclic) bond motifs is 1. The Bertz CT molecular complexity index is 640. The fourth-order valence-corrected chi connectivity index (χ4v) is 2.33. The number of carboxylic acid groups (broad SMARTS) is 1. The van der Waals surface area contributed by atoms with Gasteiger partial charge >= 0.3 is 5.97 Å². The quantitative estimate of drug-likeness (QED) is 0.880. The molecule has 0 fully saturated rings. The fourth-order valence-electron chi connectivity index (χ4n) is 2.33. The van der Waals surface area contributed by atoms with Gasteiger partial charge in [0.05, 0.1) is 12.4 Å². The van der Waals surface area contributed by atoms with Gasteiger partial charge in [-0.3, -0.25) is 4.98 Å². The summed E-state index contributed by atoms with van der Waals surface area (Å²) < 4.78 is 0. The van der Waals surface area contributed by atoms with E-state index in [0.29, 0.717) is 5.82 Å². The molecule has 96 valence electrons. The topological polar surface area (TPSA) is 75.1 Å². The molecule has 0 radical (unpaired) electrons. The maximum absolute atomic E-state index is 10.8. The summed E-state index contributed by atoms with van der Waals surface area (Å²) in [5, 5.41) is 12.0. The van der Waals surface area contributed by atoms with Gasteiger partial charge in [-0.25, -0.2) is 9.78 Å². The van der Waals surface area contributed by atoms with Gasteiger partial charge in [0.1, 0.15) is 5.82 Å². The molecule has 0 unspecified atom stereocenters. The minimum Gasteiger partial charge on any atom is -0.476 e. The zero-order valence-corrected chi connectivity index (χ0v) is 10.3. The van der Waals surface area contributed by atoms with Gasteiger partial charge in [0.25, 0.3) is 0 Å². The van der Waals surface area contributed by atoms with Gasteiger partial charge in [-0.2, -0.15) is 0 Å². The van der Waals surface area contributed by atoms with Crippen LogP contribution in [0.1, 0.15) is 28.0 Å². The largest absolute Gasteiger partial charge is 0.476 e. The Labute approximate surface area is 110 Å². The lowest BCUT2D eigenvalue weighted by Crippen LogP contribution is -2.04. The monoisotopic (exact) mass is 255 g/mol. The Hall–Kier alpha value is -2.43. The SMILES string of the molecule is O=C(O)c1cncc(Nc2ccc3c(c2)CCC3)n1. The number of benzene rings is 1. The molecule has 0 saturated heterocycles. The number of carbonyl (C=O) groups is 1. The van der Waals surface area contributed by atoms with E-state index in [0.717, 1.165) is 18.5 Å². The Balaban J connectivity index is 1.85. The molecule has 1 aromatic carbocycles. The van der Waals surface area contributed by atoms with E-state index in [4.69, 9.17) is 5.11 Å². The standard InChI is InChI=1S/C14H13N3O2/c18-14(19)12-7-15-8-13(17-12)16-11-5-4-9-2-1-3-10(9)6-11/h4-8H,1-3H2,(H,16,17)(H,18,19). The molecule has 1 aromatic heterocycles. The van der Waals surface area contributed by atoms with Crippen molar-refractivity contribution in [1.29, 1.82) is 0 Å². The number of aromatic carboxylic acids is 1. The molecule has 0 aliphatic heterocycles. The number of anilines is 2. The molecule has 1 heterocycles. The molecule has 3 rings (SSSR count). The molecule has 0 saturated carbocycles. The lowest BCUT2D eigenvalue weighted by atomic mass is 10.1. The van der Waals surface area contributed by atoms with Crippen molar-refractivity contribution < 1.29 is 9.90 Å². The molecular formula is C14H13N3O2. The first-order chi connectivity index (χ1) is 9.22. The second-order valence-electron chi connectivity index (χ2n) is 4.56. The first-order valence-corrected chi connectivity index (χ1v) is 6.16. The highest BCUT2D eigenvalue weighted by atomic mass is 16.4. The minimum atomic E-state index is -1.08. The van der Waals surface area contributed by atoms with E-state index in [1.54, 1.807) is 0 Å². The van der Waals surface area contributed by atoms with Crippen molar-refractivity contribution in [2.24, 2.45) is 0 Å². The lowest BCUT2D eigenvalue weighted by Gasteiger charge is -2.07. The van der Waals surface area contributed by atoms with E-state index in [1.807, 2.05) is 6.07 Å². The molecule has 5 heteroatoms. The summed E-state index contributed by atoms with van der Waals surface area (Å²) in [6.45, 7) is 0. The summed E-state index contributed by atoms with van der Waals surface area (Å²) in [6.07, 6.45) is 6.19. The molecule has 0 bridgehead atoms. The first kappa shape index (κ1) is 11.6. The third-order valence-corrected chi connectivity index (χ3v) is 3.22. The molecule has 1 aliphatic rings. The second kappa shape index (κ2) is 4.68. The van der Waals surface area contributed by atoms with Gasteiger partial charge in [0, 0.05) is 5.69 Å². The molecule has 0 amide bonds. The van der Waals surface area contributed by atoms with Crippen LogP contribution in [0.15, 0.2) is 30.6 Å². The zero-order chi connectivity index (χ0) is 13.2. The van der Waals surface area contributed by atoms with Gasteiger partial charge in [0.2, 0.25) is 0 Å². The maximum atomic E-state index is 10.8. The van der Waals surface area contributed by atoms with Crippen LogP contribution in [0.25, 0.3) is 0 Å². The van der Waals surface area contributed by atoms with Crippen molar-refractivity contribution >= 4 is 17.5 Å². The van der Waals surface area contributed by atoms with Gasteiger partial charge in [-0.05, 0) is 42.5 Å². The summed E-state index contributed by atoms with van der Waals surface area (Å²) in [5.41, 5.74) is 3.60. The minimum absolute atomic E-state index is 0.0637. The lowest BCUT2D eigenvalue weighted by molar-refractivity contribution is 0.0690. The summed E-state index contributed by atoms with van der Waals surface area (Å²) in [5.74, 6) is -0.636. The summed E-state index contributed by atoms with van der Waals surface area (Å²) in [4.78, 5) is 18.7. The predicted molar refractivity (Wildman–Crippen MR) is 70.7 cm³/mol. The van der Waals surface area contributed by atoms with E-state index in [2.05, 4.69) is 27.4 Å². The van der Waals surface area contributed by atoms with E-state index in [-0.39, 0.29) is 5.69 Å². The smallest absolute Gasteiger partial charge is 0.356 e. The van der Waals surface area contributed by atoms with Gasteiger partial charge in [0.15, 0.2) is 5.69 Å². The number of aryl methyl sites for hydroxylation is 2. The molecule has 0 atom stereocenters. The van der Waals surface area contributed by atoms with Gasteiger partial charge in [-0.1, -0.05) is 6.07 Å². The van der Waals surface area contributed by atoms with Crippen LogP contribution < -0.4 is 5.32 Å². The Morgan fingerprint density at radius 2 is 2.05 bits per heavy atom. The molecular weight excluding hydrogens is 242 g/mol. The van der Waals surface area contributed by atoms with Crippen LogP contribution in [-0.4, -0.2) is 21.0 Å². The Morgan fingerprint density at radius 3 is 2.89 bits per heavy atom. The normalized spacial score (nSPS) is 13.1. The van der Waals surface area contributed by atoms with Crippen LogP contribution >= 0.6 is 0 Å².